The number of benzene rings is 2. The topological polar surface area (TPSA) is 117 Å². The Hall–Kier alpha value is -3.53. The first-order valence-corrected chi connectivity index (χ1v) is 13.2. The minimum absolute atomic E-state index is 0.0956. The van der Waals surface area contributed by atoms with Gasteiger partial charge in [-0.25, -0.2) is 9.97 Å². The van der Waals surface area contributed by atoms with Gasteiger partial charge in [-0.2, -0.15) is 0 Å². The normalized spacial score (nSPS) is 20.8. The third-order valence-electron chi connectivity index (χ3n) is 7.42. The van der Waals surface area contributed by atoms with Gasteiger partial charge in [-0.3, -0.25) is 9.59 Å². The van der Waals surface area contributed by atoms with E-state index < -0.39 is 12.1 Å². The van der Waals surface area contributed by atoms with Crippen LogP contribution < -0.4 is 10.6 Å². The number of nitrogens with one attached hydrogen (secondary N) is 2. The summed E-state index contributed by atoms with van der Waals surface area (Å²) >= 11 is 6.45. The summed E-state index contributed by atoms with van der Waals surface area (Å²) in [6.45, 7) is 1.64. The van der Waals surface area contributed by atoms with Gasteiger partial charge in [0, 0.05) is 43.3 Å². The largest absolute Gasteiger partial charge is 0.390 e. The first kappa shape index (κ1) is 24.8. The van der Waals surface area contributed by atoms with Crippen molar-refractivity contribution in [1.29, 1.82) is 0 Å². The van der Waals surface area contributed by atoms with Gasteiger partial charge < -0.3 is 25.4 Å². The van der Waals surface area contributed by atoms with Crippen LogP contribution in [0.2, 0.25) is 5.02 Å². The number of aromatic nitrogens is 2. The summed E-state index contributed by atoms with van der Waals surface area (Å²) in [4.78, 5) is 36.6. The van der Waals surface area contributed by atoms with Crippen LogP contribution in [0.1, 0.15) is 45.9 Å². The SMILES string of the molecule is O=C(CN1Cc2ccc(-c3nc(NC4CCOCC4)ncc3Cl)cc2C1=O)N[C@H]1c2ccccc2C[C@H]1O. The van der Waals surface area contributed by atoms with E-state index in [1.54, 1.807) is 12.3 Å². The maximum absolute atomic E-state index is 13.2. The van der Waals surface area contributed by atoms with Crippen LogP contribution in [0.15, 0.2) is 48.7 Å². The number of ether oxygens (including phenoxy) is 1. The van der Waals surface area contributed by atoms with Gasteiger partial charge in [0.1, 0.15) is 6.54 Å². The standard InChI is InChI=1S/C28H28ClN5O4/c29-22-13-30-28(31-19-7-9-38-10-8-19)33-25(22)17-5-6-18-14-34(27(37)21(18)11-17)15-24(36)32-26-20-4-2-1-3-16(20)12-23(26)35/h1-6,11,13,19,23,26,35H,7-10,12,14-15H2,(H,32,36)(H,30,31,33)/t23-,26+/m1/s1. The number of rotatable bonds is 6. The van der Waals surface area contributed by atoms with Gasteiger partial charge in [-0.05, 0) is 35.6 Å². The highest BCUT2D eigenvalue weighted by Gasteiger charge is 2.34. The minimum Gasteiger partial charge on any atom is -0.390 e. The average molecular weight is 534 g/mol. The molecule has 38 heavy (non-hydrogen) atoms. The number of aliphatic hydroxyl groups is 1. The smallest absolute Gasteiger partial charge is 0.254 e. The molecule has 2 aromatic carbocycles. The third-order valence-corrected chi connectivity index (χ3v) is 7.69. The van der Waals surface area contributed by atoms with Crippen LogP contribution in [-0.2, 0) is 22.5 Å². The lowest BCUT2D eigenvalue weighted by molar-refractivity contribution is -0.123. The molecule has 9 nitrogen and oxygen atoms in total. The van der Waals surface area contributed by atoms with Crippen LogP contribution in [0.4, 0.5) is 5.95 Å². The highest BCUT2D eigenvalue weighted by Crippen LogP contribution is 2.33. The van der Waals surface area contributed by atoms with Crippen molar-refractivity contribution in [2.45, 2.75) is 44.0 Å². The van der Waals surface area contributed by atoms with Gasteiger partial charge in [0.25, 0.3) is 5.91 Å². The predicted octanol–water partition coefficient (Wildman–Crippen LogP) is 3.12. The first-order valence-electron chi connectivity index (χ1n) is 12.8. The van der Waals surface area contributed by atoms with Gasteiger partial charge in [-0.1, -0.05) is 48.0 Å². The van der Waals surface area contributed by atoms with Crippen molar-refractivity contribution in [2.24, 2.45) is 0 Å². The van der Waals surface area contributed by atoms with E-state index in [0.717, 1.165) is 29.5 Å². The fourth-order valence-corrected chi connectivity index (χ4v) is 5.64. The molecule has 1 fully saturated rings. The molecule has 0 spiro atoms. The van der Waals surface area contributed by atoms with Crippen LogP contribution in [0.3, 0.4) is 0 Å². The van der Waals surface area contributed by atoms with E-state index in [2.05, 4.69) is 20.6 Å². The Morgan fingerprint density at radius 2 is 1.97 bits per heavy atom. The molecule has 1 aliphatic carbocycles. The van der Waals surface area contributed by atoms with Gasteiger partial charge in [-0.15, -0.1) is 0 Å². The highest BCUT2D eigenvalue weighted by atomic mass is 35.5. The van der Waals surface area contributed by atoms with Crippen LogP contribution in [0, 0.1) is 0 Å². The second-order valence-corrected chi connectivity index (χ2v) is 10.4. The van der Waals surface area contributed by atoms with Gasteiger partial charge in [0.2, 0.25) is 11.9 Å². The summed E-state index contributed by atoms with van der Waals surface area (Å²) in [6.07, 6.45) is 3.13. The summed E-state index contributed by atoms with van der Waals surface area (Å²) in [5, 5.41) is 17.1. The minimum atomic E-state index is -0.686. The number of anilines is 1. The Balaban J connectivity index is 1.15. The lowest BCUT2D eigenvalue weighted by Gasteiger charge is -2.23. The molecule has 6 rings (SSSR count). The van der Waals surface area contributed by atoms with E-state index in [0.29, 0.717) is 54.0 Å². The van der Waals surface area contributed by atoms with Gasteiger partial charge in [0.05, 0.1) is 29.1 Å². The Bertz CT molecular complexity index is 1390. The Kier molecular flexibility index (Phi) is 6.73. The number of carbonyl (C=O) groups is 2. The molecule has 196 valence electrons. The van der Waals surface area contributed by atoms with Crippen LogP contribution in [-0.4, -0.2) is 63.7 Å². The fourth-order valence-electron chi connectivity index (χ4n) is 5.44. The van der Waals surface area contributed by atoms with Crippen LogP contribution in [0.5, 0.6) is 0 Å². The van der Waals surface area contributed by atoms with Crippen molar-refractivity contribution < 1.29 is 19.4 Å². The molecule has 2 amide bonds. The molecule has 3 aromatic rings. The number of aliphatic hydroxyl groups excluding tert-OH is 1. The Morgan fingerprint density at radius 3 is 2.82 bits per heavy atom. The van der Waals surface area contributed by atoms with Crippen molar-refractivity contribution in [3.05, 3.63) is 75.9 Å². The Labute approximate surface area is 225 Å². The maximum Gasteiger partial charge on any atom is 0.254 e. The zero-order valence-corrected chi connectivity index (χ0v) is 21.4. The molecular weight excluding hydrogens is 506 g/mol. The fraction of sp³-hybridized carbons (Fsp3) is 0.357. The molecule has 3 N–H and O–H groups in total. The molecule has 0 saturated carbocycles. The molecule has 2 aliphatic heterocycles. The zero-order valence-electron chi connectivity index (χ0n) is 20.7. The highest BCUT2D eigenvalue weighted by molar-refractivity contribution is 6.33. The monoisotopic (exact) mass is 533 g/mol. The molecule has 0 radical (unpaired) electrons. The number of fused-ring (bicyclic) bond motifs is 2. The summed E-state index contributed by atoms with van der Waals surface area (Å²) in [7, 11) is 0. The number of hydrogen-bond donors (Lipinski definition) is 3. The second-order valence-electron chi connectivity index (χ2n) is 9.97. The third kappa shape index (κ3) is 4.84. The molecule has 0 bridgehead atoms. The van der Waals surface area contributed by atoms with Crippen LogP contribution in [0.25, 0.3) is 11.3 Å². The number of nitrogens with zero attached hydrogens (tertiary/aromatic N) is 3. The molecule has 10 heteroatoms. The molecule has 3 aliphatic rings. The van der Waals surface area contributed by atoms with Crippen LogP contribution >= 0.6 is 11.6 Å². The molecule has 2 atom stereocenters. The lowest BCUT2D eigenvalue weighted by Crippen LogP contribution is -2.41. The van der Waals surface area contributed by atoms with E-state index in [9.17, 15) is 14.7 Å². The van der Waals surface area contributed by atoms with E-state index in [1.807, 2.05) is 36.4 Å². The average Bonchev–Trinajstić information content (AvgIpc) is 3.40. The number of carbonyl (C=O) groups excluding carboxylic acids is 2. The van der Waals surface area contributed by atoms with Gasteiger partial charge in [0.15, 0.2) is 0 Å². The van der Waals surface area contributed by atoms with E-state index >= 15 is 0 Å². The predicted molar refractivity (Wildman–Crippen MR) is 142 cm³/mol. The maximum atomic E-state index is 13.2. The van der Waals surface area contributed by atoms with Crippen molar-refractivity contribution in [2.75, 3.05) is 25.1 Å². The van der Waals surface area contributed by atoms with Crippen molar-refractivity contribution in [3.8, 4) is 11.3 Å². The molecule has 1 saturated heterocycles. The first-order chi connectivity index (χ1) is 18.5. The van der Waals surface area contributed by atoms with E-state index in [4.69, 9.17) is 16.3 Å². The summed E-state index contributed by atoms with van der Waals surface area (Å²) in [5.74, 6) is -0.0537. The van der Waals surface area contributed by atoms with Crippen molar-refractivity contribution >= 4 is 29.4 Å². The summed E-state index contributed by atoms with van der Waals surface area (Å²) < 4.78 is 5.41. The molecule has 0 unspecified atom stereocenters. The molecular formula is C28H28ClN5O4. The quantitative estimate of drug-likeness (QED) is 0.446. The second kappa shape index (κ2) is 10.3. The van der Waals surface area contributed by atoms with E-state index in [1.165, 1.54) is 4.90 Å². The van der Waals surface area contributed by atoms with Crippen molar-refractivity contribution in [1.82, 2.24) is 20.2 Å². The number of hydrogen-bond acceptors (Lipinski definition) is 7. The lowest BCUT2D eigenvalue weighted by atomic mass is 10.0. The number of halogens is 1. The van der Waals surface area contributed by atoms with E-state index in [-0.39, 0.29) is 24.4 Å². The number of amides is 2. The summed E-state index contributed by atoms with van der Waals surface area (Å²) in [5.41, 5.74) is 4.55. The van der Waals surface area contributed by atoms with Gasteiger partial charge >= 0.3 is 0 Å². The van der Waals surface area contributed by atoms with Crippen molar-refractivity contribution in [3.63, 3.8) is 0 Å². The molecule has 1 aromatic heterocycles. The molecule has 3 heterocycles. The summed E-state index contributed by atoms with van der Waals surface area (Å²) in [6, 6.07) is 13.0. The Morgan fingerprint density at radius 1 is 1.16 bits per heavy atom. The zero-order chi connectivity index (χ0) is 26.2.